The Hall–Kier alpha value is -4.19. The van der Waals surface area contributed by atoms with Crippen LogP contribution in [0.5, 0.6) is 0 Å². The van der Waals surface area contributed by atoms with Gasteiger partial charge < -0.3 is 10.3 Å². The van der Waals surface area contributed by atoms with Crippen LogP contribution in [0.2, 0.25) is 0 Å². The lowest BCUT2D eigenvalue weighted by atomic mass is 10.0. The Labute approximate surface area is 173 Å². The van der Waals surface area contributed by atoms with Gasteiger partial charge in [-0.1, -0.05) is 60.7 Å². The van der Waals surface area contributed by atoms with Gasteiger partial charge in [-0.2, -0.15) is 5.10 Å². The molecule has 4 aromatic rings. The monoisotopic (exact) mass is 396 g/mol. The lowest BCUT2D eigenvalue weighted by molar-refractivity contribution is -0.114. The van der Waals surface area contributed by atoms with E-state index in [9.17, 15) is 9.59 Å². The molecule has 148 valence electrons. The molecule has 0 spiro atoms. The maximum Gasteiger partial charge on any atom is 0.288 e. The Kier molecular flexibility index (Phi) is 5.39. The van der Waals surface area contributed by atoms with Crippen LogP contribution in [0.3, 0.4) is 0 Å². The van der Waals surface area contributed by atoms with Gasteiger partial charge in [-0.15, -0.1) is 0 Å². The lowest BCUT2D eigenvalue weighted by Gasteiger charge is -2.04. The number of nitrogens with zero attached hydrogens (tertiary/aromatic N) is 1. The SMILES string of the molecule is CC(=O)Nc1ccc(/C=N/NC(=O)c2[nH]c3ccccc3c2-c2ccccc2)cc1. The van der Waals surface area contributed by atoms with Crippen LogP contribution in [0.15, 0.2) is 84.0 Å². The second-order valence-electron chi connectivity index (χ2n) is 6.79. The van der Waals surface area contributed by atoms with Gasteiger partial charge in [-0.3, -0.25) is 9.59 Å². The van der Waals surface area contributed by atoms with Gasteiger partial charge in [-0.25, -0.2) is 5.43 Å². The number of nitrogens with one attached hydrogen (secondary N) is 3. The third-order valence-electron chi connectivity index (χ3n) is 4.61. The molecule has 0 aliphatic heterocycles. The van der Waals surface area contributed by atoms with Crippen molar-refractivity contribution in [2.75, 3.05) is 5.32 Å². The van der Waals surface area contributed by atoms with E-state index in [2.05, 4.69) is 20.8 Å². The van der Waals surface area contributed by atoms with Crippen LogP contribution in [0.1, 0.15) is 23.0 Å². The van der Waals surface area contributed by atoms with E-state index in [-0.39, 0.29) is 11.8 Å². The lowest BCUT2D eigenvalue weighted by Crippen LogP contribution is -2.18. The van der Waals surface area contributed by atoms with Crippen molar-refractivity contribution in [3.8, 4) is 11.1 Å². The van der Waals surface area contributed by atoms with E-state index in [0.29, 0.717) is 11.4 Å². The van der Waals surface area contributed by atoms with E-state index < -0.39 is 0 Å². The summed E-state index contributed by atoms with van der Waals surface area (Å²) >= 11 is 0. The van der Waals surface area contributed by atoms with Crippen molar-refractivity contribution < 1.29 is 9.59 Å². The molecule has 0 radical (unpaired) electrons. The molecule has 6 heteroatoms. The molecule has 30 heavy (non-hydrogen) atoms. The van der Waals surface area contributed by atoms with Crippen molar-refractivity contribution in [1.82, 2.24) is 10.4 Å². The number of anilines is 1. The van der Waals surface area contributed by atoms with Crippen molar-refractivity contribution >= 4 is 34.6 Å². The summed E-state index contributed by atoms with van der Waals surface area (Å²) in [5.41, 5.74) is 7.24. The number of aromatic amines is 1. The van der Waals surface area contributed by atoms with Crippen LogP contribution in [0.25, 0.3) is 22.0 Å². The Balaban J connectivity index is 1.57. The molecule has 4 rings (SSSR count). The highest BCUT2D eigenvalue weighted by Gasteiger charge is 2.18. The molecule has 0 saturated heterocycles. The standard InChI is InChI=1S/C24H20N4O2/c1-16(29)26-19-13-11-17(12-14-19)15-25-28-24(30)23-22(18-7-3-2-4-8-18)20-9-5-6-10-21(20)27-23/h2-15,27H,1H3,(H,26,29)(H,28,30)/b25-15+. The summed E-state index contributed by atoms with van der Waals surface area (Å²) in [6, 6.07) is 24.8. The molecule has 0 aliphatic rings. The zero-order valence-corrected chi connectivity index (χ0v) is 16.3. The number of carbonyl (C=O) groups excluding carboxylic acids is 2. The average molecular weight is 396 g/mol. The molecule has 1 heterocycles. The average Bonchev–Trinajstić information content (AvgIpc) is 3.15. The van der Waals surface area contributed by atoms with E-state index in [1.54, 1.807) is 30.5 Å². The Morgan fingerprint density at radius 1 is 0.900 bits per heavy atom. The van der Waals surface area contributed by atoms with E-state index in [4.69, 9.17) is 0 Å². The van der Waals surface area contributed by atoms with Gasteiger partial charge in [0.1, 0.15) is 5.69 Å². The molecular weight excluding hydrogens is 376 g/mol. The van der Waals surface area contributed by atoms with Crippen molar-refractivity contribution in [3.63, 3.8) is 0 Å². The number of aromatic nitrogens is 1. The van der Waals surface area contributed by atoms with Crippen LogP contribution < -0.4 is 10.7 Å². The van der Waals surface area contributed by atoms with Crippen LogP contribution >= 0.6 is 0 Å². The fourth-order valence-electron chi connectivity index (χ4n) is 3.29. The molecule has 2 amide bonds. The van der Waals surface area contributed by atoms with Crippen molar-refractivity contribution in [2.45, 2.75) is 6.92 Å². The maximum absolute atomic E-state index is 12.9. The number of hydrogen-bond donors (Lipinski definition) is 3. The van der Waals surface area contributed by atoms with Crippen molar-refractivity contribution in [1.29, 1.82) is 0 Å². The van der Waals surface area contributed by atoms with E-state index in [0.717, 1.165) is 27.6 Å². The van der Waals surface area contributed by atoms with Crippen molar-refractivity contribution in [3.05, 3.63) is 90.1 Å². The van der Waals surface area contributed by atoms with Gasteiger partial charge in [0.25, 0.3) is 5.91 Å². The highest BCUT2D eigenvalue weighted by atomic mass is 16.2. The normalized spacial score (nSPS) is 11.0. The van der Waals surface area contributed by atoms with Gasteiger partial charge in [0.05, 0.1) is 6.21 Å². The van der Waals surface area contributed by atoms with Crippen LogP contribution in [-0.2, 0) is 4.79 Å². The van der Waals surface area contributed by atoms with E-state index in [1.807, 2.05) is 54.6 Å². The maximum atomic E-state index is 12.9. The number of H-pyrrole nitrogens is 1. The molecule has 0 unspecified atom stereocenters. The summed E-state index contributed by atoms with van der Waals surface area (Å²) in [5, 5.41) is 7.76. The molecule has 3 N–H and O–H groups in total. The zero-order chi connectivity index (χ0) is 20.9. The van der Waals surface area contributed by atoms with Crippen LogP contribution in [0, 0.1) is 0 Å². The minimum Gasteiger partial charge on any atom is -0.350 e. The van der Waals surface area contributed by atoms with Gasteiger partial charge in [0.15, 0.2) is 0 Å². The Morgan fingerprint density at radius 2 is 1.60 bits per heavy atom. The third kappa shape index (κ3) is 4.12. The van der Waals surface area contributed by atoms with Gasteiger partial charge in [-0.05, 0) is 29.3 Å². The molecule has 0 bridgehead atoms. The first-order chi connectivity index (χ1) is 14.6. The fourth-order valence-corrected chi connectivity index (χ4v) is 3.29. The fraction of sp³-hybridized carbons (Fsp3) is 0.0417. The molecule has 6 nitrogen and oxygen atoms in total. The topological polar surface area (TPSA) is 86.3 Å². The second kappa shape index (κ2) is 8.45. The number of hydrogen-bond acceptors (Lipinski definition) is 3. The summed E-state index contributed by atoms with van der Waals surface area (Å²) in [6.07, 6.45) is 1.56. The third-order valence-corrected chi connectivity index (χ3v) is 4.61. The quantitative estimate of drug-likeness (QED) is 0.341. The van der Waals surface area contributed by atoms with Crippen LogP contribution in [0.4, 0.5) is 5.69 Å². The first-order valence-electron chi connectivity index (χ1n) is 9.49. The predicted molar refractivity (Wildman–Crippen MR) is 120 cm³/mol. The molecule has 0 atom stereocenters. The number of rotatable bonds is 5. The van der Waals surface area contributed by atoms with E-state index >= 15 is 0 Å². The highest BCUT2D eigenvalue weighted by Crippen LogP contribution is 2.32. The summed E-state index contributed by atoms with van der Waals surface area (Å²) in [7, 11) is 0. The first-order valence-corrected chi connectivity index (χ1v) is 9.49. The van der Waals surface area contributed by atoms with Crippen molar-refractivity contribution in [2.24, 2.45) is 5.10 Å². The zero-order valence-electron chi connectivity index (χ0n) is 16.3. The highest BCUT2D eigenvalue weighted by molar-refractivity contribution is 6.09. The van der Waals surface area contributed by atoms with E-state index in [1.165, 1.54) is 6.92 Å². The number of benzene rings is 3. The number of carbonyl (C=O) groups is 2. The molecule has 3 aromatic carbocycles. The Morgan fingerprint density at radius 3 is 2.33 bits per heavy atom. The summed E-state index contributed by atoms with van der Waals surface area (Å²) < 4.78 is 0. The van der Waals surface area contributed by atoms with Gasteiger partial charge in [0.2, 0.25) is 5.91 Å². The minimum absolute atomic E-state index is 0.128. The van der Waals surface area contributed by atoms with Gasteiger partial charge in [0, 0.05) is 29.1 Å². The molecular formula is C24H20N4O2. The van der Waals surface area contributed by atoms with Crippen LogP contribution in [-0.4, -0.2) is 23.0 Å². The number of hydrazone groups is 1. The minimum atomic E-state index is -0.323. The summed E-state index contributed by atoms with van der Waals surface area (Å²) in [6.45, 7) is 1.46. The molecule has 0 saturated carbocycles. The smallest absolute Gasteiger partial charge is 0.288 e. The predicted octanol–water partition coefficient (Wildman–Crippen LogP) is 4.56. The second-order valence-corrected chi connectivity index (χ2v) is 6.79. The number of para-hydroxylation sites is 1. The number of fused-ring (bicyclic) bond motifs is 1. The summed E-state index contributed by atoms with van der Waals surface area (Å²) in [5.74, 6) is -0.451. The molecule has 0 aliphatic carbocycles. The Bertz CT molecular complexity index is 1230. The summed E-state index contributed by atoms with van der Waals surface area (Å²) in [4.78, 5) is 27.2. The van der Waals surface area contributed by atoms with Gasteiger partial charge >= 0.3 is 0 Å². The molecule has 0 fully saturated rings. The number of amides is 2. The largest absolute Gasteiger partial charge is 0.350 e. The molecule has 1 aromatic heterocycles. The first kappa shape index (κ1) is 19.1.